The third-order valence-corrected chi connectivity index (χ3v) is 3.86. The molecule has 0 unspecified atom stereocenters. The number of aryl methyl sites for hydroxylation is 1. The van der Waals surface area contributed by atoms with Gasteiger partial charge in [-0.15, -0.1) is 0 Å². The minimum absolute atomic E-state index is 0.125. The summed E-state index contributed by atoms with van der Waals surface area (Å²) in [5.74, 6) is 0.536. The third kappa shape index (κ3) is 2.24. The molecule has 1 atom stereocenters. The maximum atomic E-state index is 12.8. The topological polar surface area (TPSA) is 57.0 Å². The Labute approximate surface area is 128 Å². The molecule has 0 aliphatic carbocycles. The summed E-state index contributed by atoms with van der Waals surface area (Å²) in [6.07, 6.45) is 3.31. The first-order valence-electron chi connectivity index (χ1n) is 7.09. The van der Waals surface area contributed by atoms with Gasteiger partial charge in [-0.3, -0.25) is 14.3 Å². The van der Waals surface area contributed by atoms with E-state index < -0.39 is 0 Å². The minimum atomic E-state index is -0.199. The fourth-order valence-electron chi connectivity index (χ4n) is 2.66. The van der Waals surface area contributed by atoms with Gasteiger partial charge < -0.3 is 4.74 Å². The lowest BCUT2D eigenvalue weighted by Crippen LogP contribution is -2.25. The Morgan fingerprint density at radius 3 is 2.73 bits per heavy atom. The maximum absolute atomic E-state index is 12.8. The van der Waals surface area contributed by atoms with Crippen LogP contribution in [0.25, 0.3) is 10.9 Å². The van der Waals surface area contributed by atoms with Crippen molar-refractivity contribution < 1.29 is 4.74 Å². The Hall–Kier alpha value is -2.69. The van der Waals surface area contributed by atoms with Gasteiger partial charge in [0.05, 0.1) is 30.7 Å². The van der Waals surface area contributed by atoms with Crippen LogP contribution in [0.15, 0.2) is 47.7 Å². The van der Waals surface area contributed by atoms with Crippen LogP contribution in [0.2, 0.25) is 0 Å². The summed E-state index contributed by atoms with van der Waals surface area (Å²) < 4.78 is 6.90. The quantitative estimate of drug-likeness (QED) is 0.745. The summed E-state index contributed by atoms with van der Waals surface area (Å²) in [4.78, 5) is 21.6. The van der Waals surface area contributed by atoms with Crippen LogP contribution < -0.4 is 10.3 Å². The van der Waals surface area contributed by atoms with Crippen molar-refractivity contribution in [1.29, 1.82) is 0 Å². The lowest BCUT2D eigenvalue weighted by Gasteiger charge is -2.17. The number of rotatable bonds is 3. The van der Waals surface area contributed by atoms with Crippen LogP contribution >= 0.6 is 0 Å². The van der Waals surface area contributed by atoms with Crippen LogP contribution in [0.5, 0.6) is 5.75 Å². The molecule has 0 saturated heterocycles. The van der Waals surface area contributed by atoms with Gasteiger partial charge in [0.25, 0.3) is 5.56 Å². The normalized spacial score (nSPS) is 12.3. The molecule has 0 radical (unpaired) electrons. The van der Waals surface area contributed by atoms with Gasteiger partial charge in [0.2, 0.25) is 0 Å². The summed E-state index contributed by atoms with van der Waals surface area (Å²) in [6, 6.07) is 9.07. The van der Waals surface area contributed by atoms with E-state index in [2.05, 4.69) is 9.97 Å². The number of ether oxygens (including phenoxy) is 1. The lowest BCUT2D eigenvalue weighted by atomic mass is 10.1. The molecular weight excluding hydrogens is 278 g/mol. The Morgan fingerprint density at radius 2 is 2.00 bits per heavy atom. The van der Waals surface area contributed by atoms with Gasteiger partial charge in [0, 0.05) is 6.20 Å². The molecule has 2 heterocycles. The molecule has 3 rings (SSSR count). The van der Waals surface area contributed by atoms with Crippen molar-refractivity contribution >= 4 is 10.9 Å². The molecule has 0 fully saturated rings. The number of nitrogens with zero attached hydrogens (tertiary/aromatic N) is 3. The summed E-state index contributed by atoms with van der Waals surface area (Å²) in [5.41, 5.74) is 2.41. The molecule has 0 aliphatic heterocycles. The molecule has 0 amide bonds. The van der Waals surface area contributed by atoms with Gasteiger partial charge in [-0.25, -0.2) is 4.98 Å². The predicted molar refractivity (Wildman–Crippen MR) is 85.3 cm³/mol. The van der Waals surface area contributed by atoms with Gasteiger partial charge >= 0.3 is 0 Å². The number of hydrogen-bond acceptors (Lipinski definition) is 4. The molecule has 22 heavy (non-hydrogen) atoms. The average Bonchev–Trinajstić information content (AvgIpc) is 2.54. The van der Waals surface area contributed by atoms with Crippen LogP contribution in [0.1, 0.15) is 24.2 Å². The van der Waals surface area contributed by atoms with E-state index in [0.717, 1.165) is 11.3 Å². The summed E-state index contributed by atoms with van der Waals surface area (Å²) in [7, 11) is 1.55. The highest BCUT2D eigenvalue weighted by atomic mass is 16.5. The largest absolute Gasteiger partial charge is 0.496 e. The Kier molecular flexibility index (Phi) is 3.63. The minimum Gasteiger partial charge on any atom is -0.496 e. The van der Waals surface area contributed by atoms with Gasteiger partial charge in [-0.2, -0.15) is 0 Å². The number of pyridine rings is 1. The highest BCUT2D eigenvalue weighted by Crippen LogP contribution is 2.22. The van der Waals surface area contributed by atoms with E-state index in [0.29, 0.717) is 16.7 Å². The number of benzene rings is 1. The number of hydrogen-bond donors (Lipinski definition) is 0. The molecule has 1 aromatic carbocycles. The van der Waals surface area contributed by atoms with E-state index in [1.54, 1.807) is 36.3 Å². The molecule has 5 heteroatoms. The van der Waals surface area contributed by atoms with Crippen LogP contribution in [0, 0.1) is 6.92 Å². The average molecular weight is 295 g/mol. The Balaban J connectivity index is 2.22. The molecule has 0 bridgehead atoms. The molecule has 0 saturated carbocycles. The third-order valence-electron chi connectivity index (χ3n) is 3.86. The first-order chi connectivity index (χ1) is 10.6. The standard InChI is InChI=1S/C17H17N3O2/c1-11-6-5-9-18-16(11)12(2)20-10-19-13-7-4-8-14(22-3)15(13)17(20)21/h4-10,12H,1-3H3/t12-/m0/s1. The molecule has 0 N–H and O–H groups in total. The SMILES string of the molecule is COc1cccc2ncn([C@@H](C)c3ncccc3C)c(=O)c12. The summed E-state index contributed by atoms with van der Waals surface area (Å²) >= 11 is 0. The van der Waals surface area contributed by atoms with Gasteiger partial charge in [0.15, 0.2) is 0 Å². The first-order valence-corrected chi connectivity index (χ1v) is 7.09. The second-order valence-electron chi connectivity index (χ2n) is 5.19. The smallest absolute Gasteiger partial charge is 0.265 e. The highest BCUT2D eigenvalue weighted by molar-refractivity contribution is 5.84. The molecule has 2 aromatic heterocycles. The monoisotopic (exact) mass is 295 g/mol. The first kappa shape index (κ1) is 14.3. The predicted octanol–water partition coefficient (Wildman–Crippen LogP) is 2.72. The van der Waals surface area contributed by atoms with Crippen LogP contribution in [0.3, 0.4) is 0 Å². The second-order valence-corrected chi connectivity index (χ2v) is 5.19. The van der Waals surface area contributed by atoms with Crippen molar-refractivity contribution in [3.63, 3.8) is 0 Å². The number of fused-ring (bicyclic) bond motifs is 1. The lowest BCUT2D eigenvalue weighted by molar-refractivity contribution is 0.419. The molecule has 112 valence electrons. The van der Waals surface area contributed by atoms with E-state index in [9.17, 15) is 4.79 Å². The van der Waals surface area contributed by atoms with E-state index in [1.165, 1.54) is 0 Å². The van der Waals surface area contributed by atoms with Crippen LogP contribution in [0.4, 0.5) is 0 Å². The Bertz CT molecular complexity index is 886. The van der Waals surface area contributed by atoms with Crippen LogP contribution in [-0.4, -0.2) is 21.6 Å². The van der Waals surface area contributed by atoms with Gasteiger partial charge in [0.1, 0.15) is 11.1 Å². The van der Waals surface area contributed by atoms with Crippen molar-refractivity contribution in [2.24, 2.45) is 0 Å². The van der Waals surface area contributed by atoms with Crippen molar-refractivity contribution in [2.75, 3.05) is 7.11 Å². The van der Waals surface area contributed by atoms with Crippen molar-refractivity contribution in [3.05, 3.63) is 64.5 Å². The van der Waals surface area contributed by atoms with E-state index >= 15 is 0 Å². The molecule has 0 spiro atoms. The molecule has 0 aliphatic rings. The second kappa shape index (κ2) is 5.60. The highest BCUT2D eigenvalue weighted by Gasteiger charge is 2.16. The molecular formula is C17H17N3O2. The van der Waals surface area contributed by atoms with E-state index in [1.807, 2.05) is 32.0 Å². The van der Waals surface area contributed by atoms with Gasteiger partial charge in [-0.1, -0.05) is 12.1 Å². The zero-order valence-corrected chi connectivity index (χ0v) is 12.8. The summed E-state index contributed by atoms with van der Waals surface area (Å²) in [6.45, 7) is 3.93. The van der Waals surface area contributed by atoms with E-state index in [4.69, 9.17) is 4.74 Å². The number of aromatic nitrogens is 3. The summed E-state index contributed by atoms with van der Waals surface area (Å²) in [5, 5.41) is 0.493. The maximum Gasteiger partial charge on any atom is 0.265 e. The van der Waals surface area contributed by atoms with Crippen LogP contribution in [-0.2, 0) is 0 Å². The zero-order chi connectivity index (χ0) is 15.7. The molecule has 3 aromatic rings. The zero-order valence-electron chi connectivity index (χ0n) is 12.8. The van der Waals surface area contributed by atoms with Crippen molar-refractivity contribution in [2.45, 2.75) is 19.9 Å². The number of methoxy groups -OCH3 is 1. The van der Waals surface area contributed by atoms with Crippen molar-refractivity contribution in [1.82, 2.24) is 14.5 Å². The van der Waals surface area contributed by atoms with E-state index in [-0.39, 0.29) is 11.6 Å². The van der Waals surface area contributed by atoms with Crippen molar-refractivity contribution in [3.8, 4) is 5.75 Å². The Morgan fingerprint density at radius 1 is 1.18 bits per heavy atom. The fourth-order valence-corrected chi connectivity index (χ4v) is 2.66. The fraction of sp³-hybridized carbons (Fsp3) is 0.235. The molecule has 5 nitrogen and oxygen atoms in total. The van der Waals surface area contributed by atoms with Gasteiger partial charge in [-0.05, 0) is 37.6 Å².